The summed E-state index contributed by atoms with van der Waals surface area (Å²) in [6.45, 7) is 7.46. The van der Waals surface area contributed by atoms with Crippen molar-refractivity contribution in [3.63, 3.8) is 0 Å². The summed E-state index contributed by atoms with van der Waals surface area (Å²) in [5.74, 6) is 0.356. The first-order valence-corrected chi connectivity index (χ1v) is 8.77. The van der Waals surface area contributed by atoms with Crippen molar-refractivity contribution in [2.75, 3.05) is 31.5 Å². The number of piperazine rings is 1. The van der Waals surface area contributed by atoms with Crippen LogP contribution < -0.4 is 5.32 Å². The Morgan fingerprint density at radius 2 is 1.71 bits per heavy atom. The molecule has 3 nitrogen and oxygen atoms in total. The van der Waals surface area contributed by atoms with Gasteiger partial charge >= 0.3 is 0 Å². The second-order valence-corrected chi connectivity index (χ2v) is 6.90. The summed E-state index contributed by atoms with van der Waals surface area (Å²) in [5.41, 5.74) is 3.89. The second-order valence-electron chi connectivity index (χ2n) is 6.90. The predicted molar refractivity (Wildman–Crippen MR) is 95.5 cm³/mol. The lowest BCUT2D eigenvalue weighted by Crippen LogP contribution is -2.52. The average Bonchev–Trinajstić information content (AvgIpc) is 2.95. The van der Waals surface area contributed by atoms with Crippen LogP contribution in [0.15, 0.2) is 48.5 Å². The van der Waals surface area contributed by atoms with E-state index in [2.05, 4.69) is 46.3 Å². The molecule has 0 aromatic heterocycles. The Morgan fingerprint density at radius 3 is 2.42 bits per heavy atom. The van der Waals surface area contributed by atoms with Gasteiger partial charge in [0.1, 0.15) is 5.82 Å². The summed E-state index contributed by atoms with van der Waals surface area (Å²) in [6, 6.07) is 15.5. The fourth-order valence-electron chi connectivity index (χ4n) is 3.94. The number of para-hydroxylation sites is 1. The maximum absolute atomic E-state index is 13.0. The van der Waals surface area contributed by atoms with E-state index in [1.54, 1.807) is 12.1 Å². The average molecular weight is 325 g/mol. The van der Waals surface area contributed by atoms with Gasteiger partial charge in [-0.1, -0.05) is 37.3 Å². The summed E-state index contributed by atoms with van der Waals surface area (Å²) < 4.78 is 13.0. The summed E-state index contributed by atoms with van der Waals surface area (Å²) in [4.78, 5) is 5.02. The molecule has 2 aliphatic heterocycles. The minimum atomic E-state index is -0.163. The molecule has 24 heavy (non-hydrogen) atoms. The summed E-state index contributed by atoms with van der Waals surface area (Å²) >= 11 is 0. The number of nitrogens with zero attached hydrogens (tertiary/aromatic N) is 2. The van der Waals surface area contributed by atoms with Gasteiger partial charge in [0.05, 0.1) is 6.17 Å². The summed E-state index contributed by atoms with van der Waals surface area (Å²) in [5, 5.41) is 3.69. The lowest BCUT2D eigenvalue weighted by atomic mass is 10.0. The molecule has 1 fully saturated rings. The Labute approximate surface area is 143 Å². The molecule has 4 heteroatoms. The number of benzene rings is 2. The molecule has 0 saturated carbocycles. The summed E-state index contributed by atoms with van der Waals surface area (Å²) in [7, 11) is 0. The third-order valence-electron chi connectivity index (χ3n) is 5.35. The first-order valence-electron chi connectivity index (χ1n) is 8.77. The van der Waals surface area contributed by atoms with Crippen molar-refractivity contribution >= 4 is 5.69 Å². The second kappa shape index (κ2) is 6.54. The van der Waals surface area contributed by atoms with E-state index in [4.69, 9.17) is 0 Å². The van der Waals surface area contributed by atoms with Crippen molar-refractivity contribution in [2.45, 2.75) is 25.6 Å². The van der Waals surface area contributed by atoms with E-state index in [1.807, 2.05) is 12.1 Å². The van der Waals surface area contributed by atoms with E-state index in [0.29, 0.717) is 12.1 Å². The molecule has 2 atom stereocenters. The van der Waals surface area contributed by atoms with Gasteiger partial charge < -0.3 is 5.32 Å². The van der Waals surface area contributed by atoms with Crippen LogP contribution >= 0.6 is 0 Å². The van der Waals surface area contributed by atoms with Crippen molar-refractivity contribution in [3.05, 3.63) is 65.5 Å². The molecule has 2 unspecified atom stereocenters. The lowest BCUT2D eigenvalue weighted by Gasteiger charge is -2.39. The number of fused-ring (bicyclic) bond motifs is 1. The van der Waals surface area contributed by atoms with Crippen LogP contribution in [0.3, 0.4) is 0 Å². The molecule has 2 aromatic carbocycles. The SMILES string of the molecule is CC1c2ccccc2NC1N1CCN(Cc2ccc(F)cc2)CC1. The zero-order valence-corrected chi connectivity index (χ0v) is 14.1. The molecular weight excluding hydrogens is 301 g/mol. The lowest BCUT2D eigenvalue weighted by molar-refractivity contribution is 0.0956. The highest BCUT2D eigenvalue weighted by molar-refractivity contribution is 5.58. The van der Waals surface area contributed by atoms with Crippen molar-refractivity contribution in [2.24, 2.45) is 0 Å². The van der Waals surface area contributed by atoms with Gasteiger partial charge in [-0.05, 0) is 29.3 Å². The fraction of sp³-hybridized carbons (Fsp3) is 0.400. The van der Waals surface area contributed by atoms with Crippen LogP contribution in [0.5, 0.6) is 0 Å². The molecule has 2 aliphatic rings. The topological polar surface area (TPSA) is 18.5 Å². The number of nitrogens with one attached hydrogen (secondary N) is 1. The van der Waals surface area contributed by atoms with Gasteiger partial charge in [0, 0.05) is 44.3 Å². The minimum absolute atomic E-state index is 0.163. The number of rotatable bonds is 3. The molecule has 2 heterocycles. The van der Waals surface area contributed by atoms with Crippen molar-refractivity contribution in [1.82, 2.24) is 9.80 Å². The number of hydrogen-bond acceptors (Lipinski definition) is 3. The van der Waals surface area contributed by atoms with Crippen LogP contribution in [-0.2, 0) is 6.54 Å². The molecule has 2 aromatic rings. The van der Waals surface area contributed by atoms with Gasteiger partial charge in [0.25, 0.3) is 0 Å². The largest absolute Gasteiger partial charge is 0.369 e. The third-order valence-corrected chi connectivity index (χ3v) is 5.35. The molecule has 1 saturated heterocycles. The predicted octanol–water partition coefficient (Wildman–Crippen LogP) is 3.50. The van der Waals surface area contributed by atoms with E-state index >= 15 is 0 Å². The summed E-state index contributed by atoms with van der Waals surface area (Å²) in [6.07, 6.45) is 0.398. The zero-order chi connectivity index (χ0) is 16.5. The fourth-order valence-corrected chi connectivity index (χ4v) is 3.94. The highest BCUT2D eigenvalue weighted by Crippen LogP contribution is 2.36. The molecule has 0 spiro atoms. The van der Waals surface area contributed by atoms with E-state index < -0.39 is 0 Å². The van der Waals surface area contributed by atoms with Crippen LogP contribution in [0.4, 0.5) is 10.1 Å². The van der Waals surface area contributed by atoms with Crippen LogP contribution in [-0.4, -0.2) is 42.1 Å². The first-order chi connectivity index (χ1) is 11.7. The maximum atomic E-state index is 13.0. The van der Waals surface area contributed by atoms with Gasteiger partial charge in [0.15, 0.2) is 0 Å². The van der Waals surface area contributed by atoms with Crippen molar-refractivity contribution in [1.29, 1.82) is 0 Å². The van der Waals surface area contributed by atoms with Crippen molar-refractivity contribution in [3.8, 4) is 0 Å². The van der Waals surface area contributed by atoms with Crippen molar-refractivity contribution < 1.29 is 4.39 Å². The molecule has 0 aliphatic carbocycles. The Hall–Kier alpha value is -1.91. The first kappa shape index (κ1) is 15.6. The highest BCUT2D eigenvalue weighted by atomic mass is 19.1. The number of hydrogen-bond donors (Lipinski definition) is 1. The Kier molecular flexibility index (Phi) is 4.25. The molecule has 1 N–H and O–H groups in total. The van der Waals surface area contributed by atoms with Gasteiger partial charge in [-0.25, -0.2) is 4.39 Å². The number of halogens is 1. The van der Waals surface area contributed by atoms with Crippen LogP contribution in [0.25, 0.3) is 0 Å². The molecular formula is C20H24FN3. The smallest absolute Gasteiger partial charge is 0.123 e. The number of anilines is 1. The molecule has 4 rings (SSSR count). The van der Waals surface area contributed by atoms with Gasteiger partial charge in [0.2, 0.25) is 0 Å². The van der Waals surface area contributed by atoms with E-state index in [9.17, 15) is 4.39 Å². The minimum Gasteiger partial charge on any atom is -0.369 e. The Morgan fingerprint density at radius 1 is 1.00 bits per heavy atom. The Balaban J connectivity index is 1.34. The molecule has 0 bridgehead atoms. The van der Waals surface area contributed by atoms with Crippen LogP contribution in [0.1, 0.15) is 24.0 Å². The zero-order valence-electron chi connectivity index (χ0n) is 14.1. The standard InChI is InChI=1S/C20H24FN3/c1-15-18-4-2-3-5-19(18)22-20(15)24-12-10-23(11-13-24)14-16-6-8-17(21)9-7-16/h2-9,15,20,22H,10-14H2,1H3. The molecule has 126 valence electrons. The molecule has 0 radical (unpaired) electrons. The molecule has 0 amide bonds. The normalized spacial score (nSPS) is 24.6. The maximum Gasteiger partial charge on any atom is 0.123 e. The monoisotopic (exact) mass is 325 g/mol. The van der Waals surface area contributed by atoms with E-state index in [1.165, 1.54) is 16.8 Å². The Bertz CT molecular complexity index is 692. The van der Waals surface area contributed by atoms with Crippen LogP contribution in [0, 0.1) is 5.82 Å². The van der Waals surface area contributed by atoms with Gasteiger partial charge in [-0.2, -0.15) is 0 Å². The quantitative estimate of drug-likeness (QED) is 0.932. The van der Waals surface area contributed by atoms with Gasteiger partial charge in [-0.15, -0.1) is 0 Å². The third kappa shape index (κ3) is 3.04. The van der Waals surface area contributed by atoms with Gasteiger partial charge in [-0.3, -0.25) is 9.80 Å². The van der Waals surface area contributed by atoms with Crippen LogP contribution in [0.2, 0.25) is 0 Å². The van der Waals surface area contributed by atoms with E-state index in [0.717, 1.165) is 32.7 Å². The van der Waals surface area contributed by atoms with E-state index in [-0.39, 0.29) is 5.82 Å². The highest BCUT2D eigenvalue weighted by Gasteiger charge is 2.34.